The van der Waals surface area contributed by atoms with Gasteiger partial charge in [-0.2, -0.15) is 0 Å². The zero-order chi connectivity index (χ0) is 19.6. The number of methoxy groups -OCH3 is 1. The summed E-state index contributed by atoms with van der Waals surface area (Å²) in [5, 5.41) is 2.22. The van der Waals surface area contributed by atoms with E-state index in [1.165, 1.54) is 13.2 Å². The topological polar surface area (TPSA) is 75.7 Å². The second-order valence-corrected chi connectivity index (χ2v) is 6.45. The van der Waals surface area contributed by atoms with Crippen molar-refractivity contribution in [3.8, 4) is 5.75 Å². The molecule has 2 aromatic carbocycles. The lowest BCUT2D eigenvalue weighted by Gasteiger charge is -2.26. The minimum Gasteiger partial charge on any atom is -0.496 e. The van der Waals surface area contributed by atoms with Crippen molar-refractivity contribution in [2.45, 2.75) is 19.8 Å². The van der Waals surface area contributed by atoms with E-state index >= 15 is 0 Å². The Balaban J connectivity index is 2.00. The minimum atomic E-state index is -0.764. The molecule has 4 amide bonds. The van der Waals surface area contributed by atoms with Crippen LogP contribution in [-0.4, -0.2) is 25.0 Å². The number of urea groups is 1. The number of rotatable bonds is 4. The number of ether oxygens (including phenoxy) is 1. The highest BCUT2D eigenvalue weighted by Gasteiger charge is 2.36. The van der Waals surface area contributed by atoms with E-state index in [2.05, 4.69) is 19.2 Å². The third-order valence-electron chi connectivity index (χ3n) is 4.36. The normalized spacial score (nSPS) is 16.1. The molecule has 3 rings (SSSR count). The maximum atomic E-state index is 12.9. The maximum Gasteiger partial charge on any atom is 0.335 e. The molecule has 2 aromatic rings. The van der Waals surface area contributed by atoms with Gasteiger partial charge in [-0.1, -0.05) is 44.2 Å². The number of carbonyl (C=O) groups is 3. The van der Waals surface area contributed by atoms with E-state index < -0.39 is 17.8 Å². The zero-order valence-electron chi connectivity index (χ0n) is 15.4. The van der Waals surface area contributed by atoms with E-state index in [-0.39, 0.29) is 5.57 Å². The second-order valence-electron chi connectivity index (χ2n) is 6.45. The van der Waals surface area contributed by atoms with Gasteiger partial charge in [0.2, 0.25) is 0 Å². The number of para-hydroxylation sites is 1. The Kier molecular flexibility index (Phi) is 5.07. The Morgan fingerprint density at radius 3 is 2.30 bits per heavy atom. The summed E-state index contributed by atoms with van der Waals surface area (Å²) in [6, 6.07) is 13.4. The number of barbiturate groups is 1. The zero-order valence-corrected chi connectivity index (χ0v) is 15.4. The molecule has 0 unspecified atom stereocenters. The average Bonchev–Trinajstić information content (AvgIpc) is 2.65. The molecule has 6 nitrogen and oxygen atoms in total. The fourth-order valence-electron chi connectivity index (χ4n) is 2.84. The summed E-state index contributed by atoms with van der Waals surface area (Å²) in [5.41, 5.74) is 1.93. The van der Waals surface area contributed by atoms with Gasteiger partial charge in [0.05, 0.1) is 12.8 Å². The van der Waals surface area contributed by atoms with Crippen LogP contribution in [0.4, 0.5) is 10.5 Å². The molecule has 0 atom stereocenters. The van der Waals surface area contributed by atoms with Gasteiger partial charge in [0.15, 0.2) is 0 Å². The molecule has 0 aromatic heterocycles. The Morgan fingerprint density at radius 1 is 1.00 bits per heavy atom. The van der Waals surface area contributed by atoms with E-state index in [0.717, 1.165) is 10.5 Å². The second kappa shape index (κ2) is 7.45. The molecular formula is C21H20N2O4. The van der Waals surface area contributed by atoms with Crippen LogP contribution < -0.4 is 15.0 Å². The third kappa shape index (κ3) is 3.60. The molecular weight excluding hydrogens is 344 g/mol. The average molecular weight is 364 g/mol. The summed E-state index contributed by atoms with van der Waals surface area (Å²) < 4.78 is 5.26. The molecule has 0 aliphatic carbocycles. The number of benzene rings is 2. The highest BCUT2D eigenvalue weighted by atomic mass is 16.5. The number of nitrogens with zero attached hydrogens (tertiary/aromatic N) is 1. The molecule has 138 valence electrons. The summed E-state index contributed by atoms with van der Waals surface area (Å²) in [6.07, 6.45) is 1.43. The minimum absolute atomic E-state index is 0.132. The molecule has 1 saturated heterocycles. The van der Waals surface area contributed by atoms with Crippen molar-refractivity contribution in [3.05, 3.63) is 65.2 Å². The fourth-order valence-corrected chi connectivity index (χ4v) is 2.84. The first-order chi connectivity index (χ1) is 12.9. The molecule has 6 heteroatoms. The first-order valence-corrected chi connectivity index (χ1v) is 8.57. The Hall–Kier alpha value is -3.41. The molecule has 1 fully saturated rings. The van der Waals surface area contributed by atoms with Crippen molar-refractivity contribution in [1.29, 1.82) is 0 Å². The summed E-state index contributed by atoms with van der Waals surface area (Å²) in [6.45, 7) is 4.11. The predicted octanol–water partition coefficient (Wildman–Crippen LogP) is 3.49. The molecule has 1 heterocycles. The van der Waals surface area contributed by atoms with Gasteiger partial charge in [-0.3, -0.25) is 14.9 Å². The van der Waals surface area contributed by atoms with Gasteiger partial charge in [0.1, 0.15) is 11.3 Å². The first-order valence-electron chi connectivity index (χ1n) is 8.57. The van der Waals surface area contributed by atoms with Crippen LogP contribution in [-0.2, 0) is 9.59 Å². The SMILES string of the molecule is COc1ccccc1/C=C1/C(=O)NC(=O)N(c2ccc(C(C)C)cc2)C1=O. The first kappa shape index (κ1) is 18.4. The number of imide groups is 2. The van der Waals surface area contributed by atoms with Crippen molar-refractivity contribution in [2.24, 2.45) is 0 Å². The lowest BCUT2D eigenvalue weighted by Crippen LogP contribution is -2.54. The van der Waals surface area contributed by atoms with Gasteiger partial charge in [-0.25, -0.2) is 9.69 Å². The lowest BCUT2D eigenvalue weighted by molar-refractivity contribution is -0.122. The van der Waals surface area contributed by atoms with E-state index in [1.54, 1.807) is 36.4 Å². The Morgan fingerprint density at radius 2 is 1.67 bits per heavy atom. The monoisotopic (exact) mass is 364 g/mol. The molecule has 0 radical (unpaired) electrons. The molecule has 0 saturated carbocycles. The summed E-state index contributed by atoms with van der Waals surface area (Å²) in [5.74, 6) is -0.555. The van der Waals surface area contributed by atoms with E-state index in [0.29, 0.717) is 22.9 Å². The molecule has 1 aliphatic rings. The van der Waals surface area contributed by atoms with Crippen LogP contribution in [0.2, 0.25) is 0 Å². The van der Waals surface area contributed by atoms with Crippen LogP contribution in [0.15, 0.2) is 54.1 Å². The number of carbonyl (C=O) groups excluding carboxylic acids is 3. The van der Waals surface area contributed by atoms with Crippen molar-refractivity contribution < 1.29 is 19.1 Å². The predicted molar refractivity (Wildman–Crippen MR) is 103 cm³/mol. The van der Waals surface area contributed by atoms with Gasteiger partial charge in [0.25, 0.3) is 11.8 Å². The summed E-state index contributed by atoms with van der Waals surface area (Å²) in [4.78, 5) is 38.4. The van der Waals surface area contributed by atoms with Gasteiger partial charge in [0, 0.05) is 5.56 Å². The largest absolute Gasteiger partial charge is 0.496 e. The van der Waals surface area contributed by atoms with Gasteiger partial charge >= 0.3 is 6.03 Å². The fraction of sp³-hybridized carbons (Fsp3) is 0.190. The van der Waals surface area contributed by atoms with Crippen LogP contribution >= 0.6 is 0 Å². The van der Waals surface area contributed by atoms with Crippen LogP contribution in [0.1, 0.15) is 30.9 Å². The van der Waals surface area contributed by atoms with Crippen molar-refractivity contribution >= 4 is 29.6 Å². The smallest absolute Gasteiger partial charge is 0.335 e. The highest BCUT2D eigenvalue weighted by Crippen LogP contribution is 2.26. The highest BCUT2D eigenvalue weighted by molar-refractivity contribution is 6.39. The molecule has 0 spiro atoms. The van der Waals surface area contributed by atoms with Crippen molar-refractivity contribution in [1.82, 2.24) is 5.32 Å². The van der Waals surface area contributed by atoms with E-state index in [4.69, 9.17) is 4.74 Å². The Bertz CT molecular complexity index is 929. The lowest BCUT2D eigenvalue weighted by atomic mass is 10.0. The van der Waals surface area contributed by atoms with Gasteiger partial charge < -0.3 is 4.74 Å². The third-order valence-corrected chi connectivity index (χ3v) is 4.36. The maximum absolute atomic E-state index is 12.9. The quantitative estimate of drug-likeness (QED) is 0.666. The van der Waals surface area contributed by atoms with E-state index in [9.17, 15) is 14.4 Å². The number of anilines is 1. The van der Waals surface area contributed by atoms with Crippen molar-refractivity contribution in [2.75, 3.05) is 12.0 Å². The van der Waals surface area contributed by atoms with E-state index in [1.807, 2.05) is 12.1 Å². The number of hydrogen-bond donors (Lipinski definition) is 1. The number of hydrogen-bond acceptors (Lipinski definition) is 4. The summed E-state index contributed by atoms with van der Waals surface area (Å²) in [7, 11) is 1.51. The summed E-state index contributed by atoms with van der Waals surface area (Å²) >= 11 is 0. The Labute approximate surface area is 157 Å². The number of nitrogens with one attached hydrogen (secondary N) is 1. The molecule has 0 bridgehead atoms. The number of amides is 4. The van der Waals surface area contributed by atoms with Crippen molar-refractivity contribution in [3.63, 3.8) is 0 Å². The van der Waals surface area contributed by atoms with Gasteiger partial charge in [-0.05, 0) is 35.8 Å². The molecule has 1 aliphatic heterocycles. The van der Waals surface area contributed by atoms with Gasteiger partial charge in [-0.15, -0.1) is 0 Å². The van der Waals surface area contributed by atoms with Crippen LogP contribution in [0, 0.1) is 0 Å². The molecule has 27 heavy (non-hydrogen) atoms. The van der Waals surface area contributed by atoms with Crippen LogP contribution in [0.5, 0.6) is 5.75 Å². The standard InChI is InChI=1S/C21H20N2O4/c1-13(2)14-8-10-16(11-9-14)23-20(25)17(19(24)22-21(23)26)12-15-6-4-5-7-18(15)27-3/h4-13H,1-3H3,(H,22,24,26)/b17-12-. The van der Waals surface area contributed by atoms with Crippen LogP contribution in [0.25, 0.3) is 6.08 Å². The molecule has 1 N–H and O–H groups in total. The van der Waals surface area contributed by atoms with Crippen LogP contribution in [0.3, 0.4) is 0 Å².